The number of thioether (sulfide) groups is 1. The van der Waals surface area contributed by atoms with Gasteiger partial charge in [-0.3, -0.25) is 0 Å². The van der Waals surface area contributed by atoms with Crippen molar-refractivity contribution in [3.05, 3.63) is 35.9 Å². The van der Waals surface area contributed by atoms with Crippen LogP contribution >= 0.6 is 11.8 Å². The third kappa shape index (κ3) is 3.85. The van der Waals surface area contributed by atoms with Crippen molar-refractivity contribution in [2.75, 3.05) is 6.61 Å². The van der Waals surface area contributed by atoms with Gasteiger partial charge in [-0.05, 0) is 33.3 Å². The van der Waals surface area contributed by atoms with E-state index < -0.39 is 8.56 Å². The Morgan fingerprint density at radius 3 is 1.94 bits per heavy atom. The molecule has 0 N–H and O–H groups in total. The molecule has 0 aliphatic carbocycles. The highest BCUT2D eigenvalue weighted by Crippen LogP contribution is 2.63. The summed E-state index contributed by atoms with van der Waals surface area (Å²) in [7, 11) is -2.90. The molecule has 0 bridgehead atoms. The van der Waals surface area contributed by atoms with Crippen molar-refractivity contribution < 1.29 is 18.2 Å². The van der Waals surface area contributed by atoms with Crippen LogP contribution in [0.1, 0.15) is 80.1 Å². The van der Waals surface area contributed by atoms with E-state index in [2.05, 4.69) is 99.6 Å². The summed E-state index contributed by atoms with van der Waals surface area (Å²) in [6.07, 6.45) is 0.0405. The van der Waals surface area contributed by atoms with E-state index in [4.69, 9.17) is 18.2 Å². The standard InChI is InChI=1S/C25H41BO4SSi/c1-22(2,3)32(23(4,5)6)27-16-18-20(28-32)19(21(31-18)17-14-12-11-13-15-17)26-29-24(7,8)25(9,10)30-26/h11-15,18-21H,16H2,1-10H3/t18-,19-,20-,21+/m1/s1. The van der Waals surface area contributed by atoms with E-state index in [9.17, 15) is 0 Å². The molecular weight excluding hydrogens is 435 g/mol. The van der Waals surface area contributed by atoms with Crippen LogP contribution in [-0.4, -0.2) is 44.8 Å². The van der Waals surface area contributed by atoms with E-state index >= 15 is 0 Å². The molecule has 0 aromatic heterocycles. The molecule has 0 saturated carbocycles. The smallest absolute Gasteiger partial charge is 0.403 e. The molecule has 0 spiro atoms. The van der Waals surface area contributed by atoms with Crippen molar-refractivity contribution >= 4 is 27.4 Å². The summed E-state index contributed by atoms with van der Waals surface area (Å²) in [5.74, 6) is 0.105. The molecule has 4 atom stereocenters. The number of benzene rings is 1. The molecule has 4 rings (SSSR count). The molecule has 178 valence electrons. The molecule has 0 amide bonds. The number of fused-ring (bicyclic) bond motifs is 1. The van der Waals surface area contributed by atoms with Crippen molar-refractivity contribution in [3.8, 4) is 0 Å². The molecule has 1 aromatic rings. The molecular formula is C25H41BO4SSi. The van der Waals surface area contributed by atoms with Crippen molar-refractivity contribution in [3.63, 3.8) is 0 Å². The maximum absolute atomic E-state index is 7.28. The Hall–Kier alpha value is -0.308. The molecule has 0 unspecified atom stereocenters. The van der Waals surface area contributed by atoms with Gasteiger partial charge in [-0.25, -0.2) is 0 Å². The second kappa shape index (κ2) is 7.85. The highest BCUT2D eigenvalue weighted by atomic mass is 32.2. The van der Waals surface area contributed by atoms with Crippen molar-refractivity contribution in [1.82, 2.24) is 0 Å². The molecule has 0 radical (unpaired) electrons. The summed E-state index contributed by atoms with van der Waals surface area (Å²) < 4.78 is 27.4. The largest absolute Gasteiger partial charge is 0.465 e. The van der Waals surface area contributed by atoms with E-state index in [-0.39, 0.29) is 50.8 Å². The maximum atomic E-state index is 7.28. The van der Waals surface area contributed by atoms with E-state index in [0.29, 0.717) is 0 Å². The van der Waals surface area contributed by atoms with E-state index in [1.807, 2.05) is 11.8 Å². The van der Waals surface area contributed by atoms with Gasteiger partial charge in [0.1, 0.15) is 0 Å². The quantitative estimate of drug-likeness (QED) is 0.441. The van der Waals surface area contributed by atoms with Crippen LogP contribution < -0.4 is 0 Å². The van der Waals surface area contributed by atoms with Crippen LogP contribution in [0, 0.1) is 0 Å². The fraction of sp³-hybridized carbons (Fsp3) is 0.760. The van der Waals surface area contributed by atoms with Gasteiger partial charge < -0.3 is 18.2 Å². The van der Waals surface area contributed by atoms with E-state index in [1.165, 1.54) is 5.56 Å². The summed E-state index contributed by atoms with van der Waals surface area (Å²) in [5.41, 5.74) is 0.583. The minimum atomic E-state index is -2.59. The fourth-order valence-corrected chi connectivity index (χ4v) is 12.6. The van der Waals surface area contributed by atoms with Crippen LogP contribution in [0.4, 0.5) is 0 Å². The number of rotatable bonds is 2. The highest BCUT2D eigenvalue weighted by Gasteiger charge is 2.68. The third-order valence-corrected chi connectivity index (χ3v) is 14.6. The Labute approximate surface area is 200 Å². The van der Waals surface area contributed by atoms with Crippen LogP contribution in [0.2, 0.25) is 15.9 Å². The van der Waals surface area contributed by atoms with Crippen molar-refractivity contribution in [2.24, 2.45) is 0 Å². The van der Waals surface area contributed by atoms with Gasteiger partial charge in [0, 0.05) is 21.1 Å². The lowest BCUT2D eigenvalue weighted by Crippen LogP contribution is -2.64. The minimum absolute atomic E-state index is 0.0405. The lowest BCUT2D eigenvalue weighted by atomic mass is 9.65. The number of hydrogen-bond acceptors (Lipinski definition) is 5. The van der Waals surface area contributed by atoms with Gasteiger partial charge >= 0.3 is 15.7 Å². The Morgan fingerprint density at radius 1 is 0.906 bits per heavy atom. The van der Waals surface area contributed by atoms with Crippen molar-refractivity contribution in [1.29, 1.82) is 0 Å². The van der Waals surface area contributed by atoms with Crippen molar-refractivity contribution in [2.45, 2.75) is 113 Å². The van der Waals surface area contributed by atoms with Crippen LogP contribution in [-0.2, 0) is 18.2 Å². The highest BCUT2D eigenvalue weighted by molar-refractivity contribution is 8.00. The first-order valence-electron chi connectivity index (χ1n) is 12.0. The summed E-state index contributed by atoms with van der Waals surface area (Å²) in [6, 6.07) is 10.8. The lowest BCUT2D eigenvalue weighted by Gasteiger charge is -2.54. The Kier molecular flexibility index (Phi) is 6.09. The van der Waals surface area contributed by atoms with E-state index in [1.54, 1.807) is 0 Å². The van der Waals surface area contributed by atoms with Gasteiger partial charge in [-0.1, -0.05) is 71.9 Å². The van der Waals surface area contributed by atoms with Gasteiger partial charge in [0.2, 0.25) is 0 Å². The first kappa shape index (κ1) is 24.8. The second-order valence-electron chi connectivity index (χ2n) is 12.7. The first-order valence-corrected chi connectivity index (χ1v) is 14.7. The average Bonchev–Trinajstić information content (AvgIpc) is 3.13. The van der Waals surface area contributed by atoms with Gasteiger partial charge in [0.15, 0.2) is 0 Å². The van der Waals surface area contributed by atoms with Crippen LogP contribution in [0.15, 0.2) is 30.3 Å². The normalized spacial score (nSPS) is 33.9. The summed E-state index contributed by atoms with van der Waals surface area (Å²) in [6.45, 7) is 23.0. The molecule has 32 heavy (non-hydrogen) atoms. The molecule has 3 fully saturated rings. The predicted molar refractivity (Wildman–Crippen MR) is 136 cm³/mol. The van der Waals surface area contributed by atoms with Crippen LogP contribution in [0.5, 0.6) is 0 Å². The maximum Gasteiger partial charge on any atom is 0.465 e. The molecule has 3 aliphatic heterocycles. The Balaban J connectivity index is 1.76. The Bertz CT molecular complexity index is 803. The molecule has 7 heteroatoms. The van der Waals surface area contributed by atoms with E-state index in [0.717, 1.165) is 6.61 Å². The average molecular weight is 477 g/mol. The van der Waals surface area contributed by atoms with Gasteiger partial charge in [-0.15, -0.1) is 11.8 Å². The molecule has 3 aliphatic rings. The zero-order valence-corrected chi connectivity index (χ0v) is 23.3. The minimum Gasteiger partial charge on any atom is -0.403 e. The van der Waals surface area contributed by atoms with Gasteiger partial charge in [0.05, 0.1) is 29.2 Å². The van der Waals surface area contributed by atoms with Gasteiger partial charge in [0.25, 0.3) is 0 Å². The third-order valence-electron chi connectivity index (χ3n) is 7.86. The molecule has 4 nitrogen and oxygen atoms in total. The van der Waals surface area contributed by atoms with Crippen LogP contribution in [0.3, 0.4) is 0 Å². The summed E-state index contributed by atoms with van der Waals surface area (Å²) in [4.78, 5) is 0. The zero-order valence-electron chi connectivity index (χ0n) is 21.5. The topological polar surface area (TPSA) is 36.9 Å². The van der Waals surface area contributed by atoms with Crippen LogP contribution in [0.25, 0.3) is 0 Å². The number of hydrogen-bond donors (Lipinski definition) is 0. The monoisotopic (exact) mass is 476 g/mol. The summed E-state index contributed by atoms with van der Waals surface area (Å²) >= 11 is 1.98. The summed E-state index contributed by atoms with van der Waals surface area (Å²) in [5, 5.41) is 0.419. The Morgan fingerprint density at radius 2 is 1.44 bits per heavy atom. The molecule has 3 saturated heterocycles. The SMILES string of the molecule is CC1(C)OB([C@@H]2[C@@H]3O[Si](C(C)(C)C)(C(C)(C)C)OC[C@H]3S[C@H]2c2ccccc2)OC1(C)C. The first-order chi connectivity index (χ1) is 14.6. The molecule has 3 heterocycles. The second-order valence-corrected chi connectivity index (χ2v) is 18.9. The zero-order chi connectivity index (χ0) is 23.7. The van der Waals surface area contributed by atoms with Gasteiger partial charge in [-0.2, -0.15) is 0 Å². The predicted octanol–water partition coefficient (Wildman–Crippen LogP) is 6.76. The fourth-order valence-electron chi connectivity index (χ4n) is 5.69. The molecule has 1 aromatic carbocycles. The lowest BCUT2D eigenvalue weighted by molar-refractivity contribution is 0.00578.